The van der Waals surface area contributed by atoms with Gasteiger partial charge in [0.2, 0.25) is 0 Å². The quantitative estimate of drug-likeness (QED) is 0.778. The number of nitrogens with one attached hydrogen (secondary N) is 1. The van der Waals surface area contributed by atoms with Crippen LogP contribution in [0.1, 0.15) is 53.1 Å². The van der Waals surface area contributed by atoms with Crippen molar-refractivity contribution in [2.45, 2.75) is 52.3 Å². The molecule has 0 radical (unpaired) electrons. The van der Waals surface area contributed by atoms with Gasteiger partial charge < -0.3 is 14.6 Å². The van der Waals surface area contributed by atoms with E-state index >= 15 is 0 Å². The average Bonchev–Trinajstić information content (AvgIpc) is 3.38. The number of benzene rings is 1. The molecule has 1 fully saturated rings. The maximum atomic E-state index is 12.5. The molecule has 1 aromatic heterocycles. The monoisotopic (exact) mass is 374 g/mol. The van der Waals surface area contributed by atoms with Crippen LogP contribution in [0.15, 0.2) is 30.3 Å². The van der Waals surface area contributed by atoms with Crippen LogP contribution in [-0.2, 0) is 16.1 Å². The standard InChI is InChI=1S/C20H23ClN2O3/c1-12-10-17(13(2)23(12)16-8-9-16)20(25)26-14(3)19(24)22-11-15-6-4-5-7-18(15)21/h4-7,10,14,16H,8-9,11H2,1-3H3,(H,22,24)/t14-/m0/s1. The number of rotatable bonds is 6. The first-order valence-corrected chi connectivity index (χ1v) is 9.16. The minimum Gasteiger partial charge on any atom is -0.449 e. The SMILES string of the molecule is Cc1cc(C(=O)O[C@@H](C)C(=O)NCc2ccccc2Cl)c(C)n1C1CC1. The largest absolute Gasteiger partial charge is 0.449 e. The van der Waals surface area contributed by atoms with E-state index < -0.39 is 12.1 Å². The Kier molecular flexibility index (Phi) is 5.37. The van der Waals surface area contributed by atoms with Gasteiger partial charge in [-0.3, -0.25) is 4.79 Å². The first-order chi connectivity index (χ1) is 12.4. The molecule has 1 aromatic carbocycles. The summed E-state index contributed by atoms with van der Waals surface area (Å²) in [5.41, 5.74) is 3.29. The van der Waals surface area contributed by atoms with Crippen LogP contribution in [0.2, 0.25) is 5.02 Å². The fraction of sp³-hybridized carbons (Fsp3) is 0.400. The van der Waals surface area contributed by atoms with Gasteiger partial charge in [-0.25, -0.2) is 4.79 Å². The van der Waals surface area contributed by atoms with Crippen molar-refractivity contribution in [1.82, 2.24) is 9.88 Å². The topological polar surface area (TPSA) is 60.3 Å². The highest BCUT2D eigenvalue weighted by atomic mass is 35.5. The highest BCUT2D eigenvalue weighted by molar-refractivity contribution is 6.31. The third kappa shape index (κ3) is 3.93. The normalized spacial score (nSPS) is 14.8. The van der Waals surface area contributed by atoms with E-state index in [-0.39, 0.29) is 12.5 Å². The van der Waals surface area contributed by atoms with E-state index in [1.807, 2.05) is 38.1 Å². The number of aryl methyl sites for hydroxylation is 1. The Balaban J connectivity index is 1.59. The zero-order valence-electron chi connectivity index (χ0n) is 15.2. The van der Waals surface area contributed by atoms with E-state index in [2.05, 4.69) is 9.88 Å². The summed E-state index contributed by atoms with van der Waals surface area (Å²) in [6.45, 7) is 5.77. The fourth-order valence-electron chi connectivity index (χ4n) is 3.12. The van der Waals surface area contributed by atoms with Crippen LogP contribution in [0.5, 0.6) is 0 Å². The molecule has 0 bridgehead atoms. The van der Waals surface area contributed by atoms with Crippen LogP contribution in [0, 0.1) is 13.8 Å². The van der Waals surface area contributed by atoms with E-state index in [1.165, 1.54) is 0 Å². The van der Waals surface area contributed by atoms with E-state index in [0.29, 0.717) is 16.6 Å². The Morgan fingerprint density at radius 1 is 1.31 bits per heavy atom. The molecule has 2 aromatic rings. The molecule has 0 aliphatic heterocycles. The second kappa shape index (κ2) is 7.54. The molecule has 1 saturated carbocycles. The van der Waals surface area contributed by atoms with Crippen LogP contribution in [0.3, 0.4) is 0 Å². The fourth-order valence-corrected chi connectivity index (χ4v) is 3.33. The average molecular weight is 375 g/mol. The zero-order valence-corrected chi connectivity index (χ0v) is 16.0. The molecule has 5 nitrogen and oxygen atoms in total. The van der Waals surface area contributed by atoms with Crippen LogP contribution >= 0.6 is 11.6 Å². The Labute approximate surface area is 158 Å². The highest BCUT2D eigenvalue weighted by Gasteiger charge is 2.29. The summed E-state index contributed by atoms with van der Waals surface area (Å²) in [6.07, 6.45) is 1.41. The minimum atomic E-state index is -0.881. The number of ether oxygens (including phenoxy) is 1. The van der Waals surface area contributed by atoms with E-state index in [0.717, 1.165) is 29.8 Å². The number of aromatic nitrogens is 1. The van der Waals surface area contributed by atoms with Crippen molar-refractivity contribution in [3.05, 3.63) is 57.9 Å². The van der Waals surface area contributed by atoms with Crippen LogP contribution in [-0.4, -0.2) is 22.5 Å². The summed E-state index contributed by atoms with van der Waals surface area (Å²) in [4.78, 5) is 24.7. The number of hydrogen-bond acceptors (Lipinski definition) is 3. The lowest BCUT2D eigenvalue weighted by Crippen LogP contribution is -2.35. The Morgan fingerprint density at radius 3 is 2.65 bits per heavy atom. The van der Waals surface area contributed by atoms with Crippen LogP contribution in [0.4, 0.5) is 0 Å². The Bertz CT molecular complexity index is 840. The van der Waals surface area contributed by atoms with Crippen molar-refractivity contribution in [2.24, 2.45) is 0 Å². The summed E-state index contributed by atoms with van der Waals surface area (Å²) in [5.74, 6) is -0.820. The van der Waals surface area contributed by atoms with Gasteiger partial charge >= 0.3 is 5.97 Å². The van der Waals surface area contributed by atoms with Crippen molar-refractivity contribution in [2.75, 3.05) is 0 Å². The predicted molar refractivity (Wildman–Crippen MR) is 100 cm³/mol. The van der Waals surface area contributed by atoms with Crippen LogP contribution < -0.4 is 5.32 Å². The lowest BCUT2D eigenvalue weighted by molar-refractivity contribution is -0.129. The third-order valence-electron chi connectivity index (χ3n) is 4.68. The van der Waals surface area contributed by atoms with Gasteiger partial charge in [0, 0.05) is 29.0 Å². The van der Waals surface area contributed by atoms with Crippen molar-refractivity contribution in [1.29, 1.82) is 0 Å². The molecule has 0 saturated heterocycles. The maximum Gasteiger partial charge on any atom is 0.340 e. The van der Waals surface area contributed by atoms with Gasteiger partial charge in [0.1, 0.15) is 0 Å². The Hall–Kier alpha value is -2.27. The molecule has 26 heavy (non-hydrogen) atoms. The molecular weight excluding hydrogens is 352 g/mol. The summed E-state index contributed by atoms with van der Waals surface area (Å²) in [5, 5.41) is 3.34. The lowest BCUT2D eigenvalue weighted by Gasteiger charge is -2.14. The number of halogens is 1. The summed E-state index contributed by atoms with van der Waals surface area (Å²) in [7, 11) is 0. The maximum absolute atomic E-state index is 12.5. The number of hydrogen-bond donors (Lipinski definition) is 1. The molecule has 1 heterocycles. The molecule has 1 aliphatic carbocycles. The van der Waals surface area contributed by atoms with E-state index in [9.17, 15) is 9.59 Å². The third-order valence-corrected chi connectivity index (χ3v) is 5.05. The number of amides is 1. The van der Waals surface area contributed by atoms with Crippen molar-refractivity contribution < 1.29 is 14.3 Å². The summed E-state index contributed by atoms with van der Waals surface area (Å²) in [6, 6.07) is 9.62. The second-order valence-corrected chi connectivity index (χ2v) is 7.15. The number of nitrogens with zero attached hydrogens (tertiary/aromatic N) is 1. The number of esters is 1. The predicted octanol–water partition coefficient (Wildman–Crippen LogP) is 3.95. The van der Waals surface area contributed by atoms with Crippen molar-refractivity contribution >= 4 is 23.5 Å². The van der Waals surface area contributed by atoms with Gasteiger partial charge in [-0.2, -0.15) is 0 Å². The van der Waals surface area contributed by atoms with E-state index in [4.69, 9.17) is 16.3 Å². The number of carbonyl (C=O) groups is 2. The first kappa shape index (κ1) is 18.5. The minimum absolute atomic E-state index is 0.288. The second-order valence-electron chi connectivity index (χ2n) is 6.74. The Morgan fingerprint density at radius 2 is 2.00 bits per heavy atom. The van der Waals surface area contributed by atoms with Gasteiger partial charge in [0.25, 0.3) is 5.91 Å². The first-order valence-electron chi connectivity index (χ1n) is 8.79. The molecule has 1 atom stereocenters. The molecule has 0 unspecified atom stereocenters. The molecule has 1 aliphatic rings. The smallest absolute Gasteiger partial charge is 0.340 e. The molecule has 6 heteroatoms. The van der Waals surface area contributed by atoms with Crippen molar-refractivity contribution in [3.63, 3.8) is 0 Å². The van der Waals surface area contributed by atoms with E-state index in [1.54, 1.807) is 13.0 Å². The van der Waals surface area contributed by atoms with Gasteiger partial charge in [-0.1, -0.05) is 29.8 Å². The van der Waals surface area contributed by atoms with Gasteiger partial charge in [-0.05, 0) is 51.3 Å². The summed E-state index contributed by atoms with van der Waals surface area (Å²) < 4.78 is 7.55. The molecule has 138 valence electrons. The highest BCUT2D eigenvalue weighted by Crippen LogP contribution is 2.38. The number of carbonyl (C=O) groups excluding carboxylic acids is 2. The lowest BCUT2D eigenvalue weighted by atomic mass is 10.2. The van der Waals surface area contributed by atoms with Gasteiger partial charge in [0.15, 0.2) is 6.10 Å². The van der Waals surface area contributed by atoms with Gasteiger partial charge in [0.05, 0.1) is 5.56 Å². The molecule has 1 amide bonds. The molecule has 0 spiro atoms. The summed E-state index contributed by atoms with van der Waals surface area (Å²) >= 11 is 6.08. The van der Waals surface area contributed by atoms with Crippen LogP contribution in [0.25, 0.3) is 0 Å². The zero-order chi connectivity index (χ0) is 18.8. The van der Waals surface area contributed by atoms with Crippen molar-refractivity contribution in [3.8, 4) is 0 Å². The molecule has 3 rings (SSSR count). The molecular formula is C20H23ClN2O3. The molecule has 1 N–H and O–H groups in total. The van der Waals surface area contributed by atoms with Gasteiger partial charge in [-0.15, -0.1) is 0 Å².